The van der Waals surface area contributed by atoms with Gasteiger partial charge in [0.05, 0.1) is 24.5 Å². The molecule has 7 nitrogen and oxygen atoms in total. The molecule has 0 bridgehead atoms. The molecular formula is C25H31N3O4. The maximum absolute atomic E-state index is 13.7. The molecule has 0 fully saturated rings. The number of aryl methyl sites for hydroxylation is 1. The molecule has 0 atom stereocenters. The van der Waals surface area contributed by atoms with Crippen LogP contribution in [-0.2, 0) is 19.1 Å². The summed E-state index contributed by atoms with van der Waals surface area (Å²) >= 11 is 0. The van der Waals surface area contributed by atoms with Crippen molar-refractivity contribution in [2.75, 3.05) is 64.4 Å². The summed E-state index contributed by atoms with van der Waals surface area (Å²) in [5, 5.41) is 0. The maximum atomic E-state index is 13.7. The number of rotatable bonds is 10. The van der Waals surface area contributed by atoms with Gasteiger partial charge in [-0.15, -0.1) is 0 Å². The molecular weight excluding hydrogens is 406 g/mol. The van der Waals surface area contributed by atoms with Crippen LogP contribution in [0.15, 0.2) is 54.2 Å². The van der Waals surface area contributed by atoms with Crippen molar-refractivity contribution in [1.82, 2.24) is 4.90 Å². The lowest BCUT2D eigenvalue weighted by Gasteiger charge is -2.26. The zero-order valence-electron chi connectivity index (χ0n) is 19.4. The van der Waals surface area contributed by atoms with Gasteiger partial charge in [0.2, 0.25) is 0 Å². The Labute approximate surface area is 189 Å². The van der Waals surface area contributed by atoms with Crippen LogP contribution < -0.4 is 9.80 Å². The number of methoxy groups -OCH3 is 2. The fraction of sp³-hybridized carbons (Fsp3) is 0.360. The van der Waals surface area contributed by atoms with E-state index in [4.69, 9.17) is 9.47 Å². The van der Waals surface area contributed by atoms with E-state index in [9.17, 15) is 9.59 Å². The number of benzene rings is 2. The number of carbonyl (C=O) groups is 2. The van der Waals surface area contributed by atoms with Crippen molar-refractivity contribution in [3.05, 3.63) is 65.4 Å². The van der Waals surface area contributed by atoms with E-state index in [1.165, 1.54) is 4.90 Å². The molecule has 2 amide bonds. The largest absolute Gasteiger partial charge is 0.383 e. The average Bonchev–Trinajstić information content (AvgIpc) is 3.04. The van der Waals surface area contributed by atoms with Crippen LogP contribution >= 0.6 is 0 Å². The third kappa shape index (κ3) is 4.84. The van der Waals surface area contributed by atoms with Crippen LogP contribution in [0.4, 0.5) is 11.4 Å². The Morgan fingerprint density at radius 2 is 1.50 bits per heavy atom. The van der Waals surface area contributed by atoms with E-state index >= 15 is 0 Å². The Morgan fingerprint density at radius 1 is 0.875 bits per heavy atom. The highest BCUT2D eigenvalue weighted by molar-refractivity contribution is 6.45. The Bertz CT molecular complexity index is 991. The molecule has 0 saturated carbocycles. The highest BCUT2D eigenvalue weighted by Gasteiger charge is 2.42. The lowest BCUT2D eigenvalue weighted by Crippen LogP contribution is -2.37. The summed E-state index contributed by atoms with van der Waals surface area (Å²) in [6.45, 7) is 3.77. The Morgan fingerprint density at radius 3 is 2.06 bits per heavy atom. The second-order valence-corrected chi connectivity index (χ2v) is 7.92. The number of amides is 2. The van der Waals surface area contributed by atoms with Crippen molar-refractivity contribution < 1.29 is 19.1 Å². The predicted octanol–water partition coefficient (Wildman–Crippen LogP) is 2.94. The summed E-state index contributed by atoms with van der Waals surface area (Å²) in [6, 6.07) is 15.1. The molecule has 170 valence electrons. The minimum atomic E-state index is -0.339. The summed E-state index contributed by atoms with van der Waals surface area (Å²) < 4.78 is 10.5. The number of ether oxygens (including phenoxy) is 2. The van der Waals surface area contributed by atoms with Crippen molar-refractivity contribution in [3.8, 4) is 0 Å². The molecule has 32 heavy (non-hydrogen) atoms. The van der Waals surface area contributed by atoms with E-state index in [1.54, 1.807) is 20.3 Å². The standard InChI is InChI=1S/C25H31N3O4/c1-18-9-11-19(12-10-18)22-23(27(13-15-31-4)14-16-32-5)25(30)28(24(22)29)21-8-6-7-20(17-21)26(2)3/h6-12,17H,13-16H2,1-5H3. The fourth-order valence-corrected chi connectivity index (χ4v) is 3.68. The van der Waals surface area contributed by atoms with Crippen molar-refractivity contribution >= 4 is 28.8 Å². The second-order valence-electron chi connectivity index (χ2n) is 7.92. The molecule has 0 N–H and O–H groups in total. The third-order valence-electron chi connectivity index (χ3n) is 5.45. The van der Waals surface area contributed by atoms with Crippen LogP contribution in [-0.4, -0.2) is 71.3 Å². The zero-order valence-corrected chi connectivity index (χ0v) is 19.4. The fourth-order valence-electron chi connectivity index (χ4n) is 3.68. The summed E-state index contributed by atoms with van der Waals surface area (Å²) in [5.41, 5.74) is 4.03. The highest BCUT2D eigenvalue weighted by atomic mass is 16.5. The number of hydrogen-bond acceptors (Lipinski definition) is 6. The Hall–Kier alpha value is -3.16. The first kappa shape index (κ1) is 23.5. The van der Waals surface area contributed by atoms with Gasteiger partial charge in [-0.05, 0) is 30.7 Å². The first-order valence-electron chi connectivity index (χ1n) is 10.6. The van der Waals surface area contributed by atoms with Crippen molar-refractivity contribution in [2.45, 2.75) is 6.92 Å². The number of nitrogens with zero attached hydrogens (tertiary/aromatic N) is 3. The summed E-state index contributed by atoms with van der Waals surface area (Å²) in [6.07, 6.45) is 0. The summed E-state index contributed by atoms with van der Waals surface area (Å²) in [7, 11) is 7.08. The average molecular weight is 438 g/mol. The van der Waals surface area contributed by atoms with Gasteiger partial charge in [-0.1, -0.05) is 35.9 Å². The normalized spacial score (nSPS) is 13.8. The van der Waals surface area contributed by atoms with Crippen molar-refractivity contribution in [2.24, 2.45) is 0 Å². The van der Waals surface area contributed by atoms with Crippen molar-refractivity contribution in [3.63, 3.8) is 0 Å². The number of hydrogen-bond donors (Lipinski definition) is 0. The third-order valence-corrected chi connectivity index (χ3v) is 5.45. The molecule has 0 aliphatic carbocycles. The van der Waals surface area contributed by atoms with Crippen molar-refractivity contribution in [1.29, 1.82) is 0 Å². The van der Waals surface area contributed by atoms with Crippen LogP contribution in [0.2, 0.25) is 0 Å². The van der Waals surface area contributed by atoms with Crippen LogP contribution in [0, 0.1) is 6.92 Å². The smallest absolute Gasteiger partial charge is 0.282 e. The molecule has 2 aromatic rings. The molecule has 0 saturated heterocycles. The summed E-state index contributed by atoms with van der Waals surface area (Å²) in [4.78, 5) is 32.5. The quantitative estimate of drug-likeness (QED) is 0.533. The van der Waals surface area contributed by atoms with Gasteiger partial charge in [0, 0.05) is 47.1 Å². The number of carbonyl (C=O) groups excluding carboxylic acids is 2. The van der Waals surface area contributed by atoms with Gasteiger partial charge in [0.25, 0.3) is 11.8 Å². The Balaban J connectivity index is 2.12. The van der Waals surface area contributed by atoms with E-state index in [2.05, 4.69) is 0 Å². The molecule has 1 aliphatic rings. The minimum Gasteiger partial charge on any atom is -0.383 e. The molecule has 0 spiro atoms. The molecule has 0 unspecified atom stereocenters. The SMILES string of the molecule is COCCN(CCOC)C1=C(c2ccc(C)cc2)C(=O)N(c2cccc(N(C)C)c2)C1=O. The first-order chi connectivity index (χ1) is 15.4. The molecule has 1 heterocycles. The van der Waals surface area contributed by atoms with E-state index in [0.717, 1.165) is 16.8 Å². The van der Waals surface area contributed by atoms with Gasteiger partial charge in [-0.3, -0.25) is 9.59 Å². The molecule has 0 aromatic heterocycles. The molecule has 3 rings (SSSR count). The van der Waals surface area contributed by atoms with Gasteiger partial charge < -0.3 is 19.3 Å². The summed E-state index contributed by atoms with van der Waals surface area (Å²) in [5.74, 6) is -0.668. The van der Waals surface area contributed by atoms with E-state index in [-0.39, 0.29) is 11.8 Å². The molecule has 0 radical (unpaired) electrons. The van der Waals surface area contributed by atoms with Gasteiger partial charge in [0.1, 0.15) is 5.70 Å². The topological polar surface area (TPSA) is 62.3 Å². The first-order valence-corrected chi connectivity index (χ1v) is 10.6. The lowest BCUT2D eigenvalue weighted by molar-refractivity contribution is -0.120. The zero-order chi connectivity index (χ0) is 23.3. The van der Waals surface area contributed by atoms with E-state index in [0.29, 0.717) is 43.3 Å². The van der Waals surface area contributed by atoms with E-state index in [1.807, 2.05) is 73.3 Å². The minimum absolute atomic E-state index is 0.329. The van der Waals surface area contributed by atoms with Crippen LogP contribution in [0.1, 0.15) is 11.1 Å². The maximum Gasteiger partial charge on any atom is 0.282 e. The van der Waals surface area contributed by atoms with Gasteiger partial charge in [-0.25, -0.2) is 4.90 Å². The molecule has 7 heteroatoms. The van der Waals surface area contributed by atoms with Crippen LogP contribution in [0.5, 0.6) is 0 Å². The highest BCUT2D eigenvalue weighted by Crippen LogP contribution is 2.35. The number of anilines is 2. The van der Waals surface area contributed by atoms with E-state index < -0.39 is 0 Å². The molecule has 1 aliphatic heterocycles. The molecule has 2 aromatic carbocycles. The Kier molecular flexibility index (Phi) is 7.66. The van der Waals surface area contributed by atoms with Gasteiger partial charge in [0.15, 0.2) is 0 Å². The predicted molar refractivity (Wildman–Crippen MR) is 127 cm³/mol. The number of imide groups is 1. The lowest BCUT2D eigenvalue weighted by atomic mass is 10.0. The monoisotopic (exact) mass is 437 g/mol. The van der Waals surface area contributed by atoms with Crippen LogP contribution in [0.3, 0.4) is 0 Å². The van der Waals surface area contributed by atoms with Gasteiger partial charge >= 0.3 is 0 Å². The second kappa shape index (κ2) is 10.4. The van der Waals surface area contributed by atoms with Gasteiger partial charge in [-0.2, -0.15) is 0 Å². The van der Waals surface area contributed by atoms with Crippen LogP contribution in [0.25, 0.3) is 5.57 Å².